The highest BCUT2D eigenvalue weighted by atomic mass is 16.5. The monoisotopic (exact) mass is 411 g/mol. The molecule has 0 bridgehead atoms. The van der Waals surface area contributed by atoms with Crippen molar-refractivity contribution in [1.29, 1.82) is 0 Å². The maximum Gasteiger partial charge on any atom is 0.226 e. The van der Waals surface area contributed by atoms with Gasteiger partial charge in [0, 0.05) is 25.6 Å². The Hall–Kier alpha value is -2.34. The van der Waals surface area contributed by atoms with Gasteiger partial charge < -0.3 is 18.9 Å². The molecule has 1 aromatic carbocycles. The fourth-order valence-corrected chi connectivity index (χ4v) is 4.28. The van der Waals surface area contributed by atoms with Crippen molar-refractivity contribution >= 4 is 5.91 Å². The van der Waals surface area contributed by atoms with E-state index >= 15 is 0 Å². The summed E-state index contributed by atoms with van der Waals surface area (Å²) in [5.41, 5.74) is 2.39. The van der Waals surface area contributed by atoms with Gasteiger partial charge in [-0.15, -0.1) is 0 Å². The van der Waals surface area contributed by atoms with E-state index in [-0.39, 0.29) is 5.91 Å². The van der Waals surface area contributed by atoms with E-state index in [4.69, 9.17) is 14.5 Å². The zero-order valence-electron chi connectivity index (χ0n) is 18.2. The van der Waals surface area contributed by atoms with Crippen molar-refractivity contribution in [3.05, 3.63) is 47.5 Å². The molecule has 1 fully saturated rings. The minimum atomic E-state index is 0.152. The quantitative estimate of drug-likeness (QED) is 0.663. The van der Waals surface area contributed by atoms with Crippen LogP contribution in [0, 0.1) is 5.92 Å². The zero-order chi connectivity index (χ0) is 20.9. The molecule has 0 aliphatic carbocycles. The van der Waals surface area contributed by atoms with Gasteiger partial charge in [0.1, 0.15) is 11.6 Å². The standard InChI is InChI=1S/C24H33N3O3/c1-18(2)8-9-21-22-16-26(23(28)11-15-30-20-6-4-3-5-7-20)12-13-27(22)24(25-21)19-10-14-29-17-19/h3-7,18-19H,8-17H2,1-2H3. The molecular formula is C24H33N3O3. The summed E-state index contributed by atoms with van der Waals surface area (Å²) in [4.78, 5) is 19.9. The first-order valence-corrected chi connectivity index (χ1v) is 11.2. The topological polar surface area (TPSA) is 56.6 Å². The number of rotatable bonds is 8. The van der Waals surface area contributed by atoms with Crippen molar-refractivity contribution in [3.63, 3.8) is 0 Å². The van der Waals surface area contributed by atoms with Crippen LogP contribution in [0.25, 0.3) is 0 Å². The SMILES string of the molecule is CC(C)CCc1nc(C2CCOC2)n2c1CN(C(=O)CCOc1ccccc1)CC2. The Labute approximate surface area is 179 Å². The maximum atomic E-state index is 12.8. The molecule has 3 heterocycles. The number of ether oxygens (including phenoxy) is 2. The number of hydrogen-bond donors (Lipinski definition) is 0. The molecule has 0 saturated carbocycles. The van der Waals surface area contributed by atoms with E-state index in [1.54, 1.807) is 0 Å². The molecule has 2 aliphatic heterocycles. The number of fused-ring (bicyclic) bond motifs is 1. The van der Waals surface area contributed by atoms with E-state index in [1.165, 1.54) is 17.2 Å². The molecule has 2 aromatic rings. The predicted molar refractivity (Wildman–Crippen MR) is 116 cm³/mol. The first-order chi connectivity index (χ1) is 14.6. The molecule has 4 rings (SSSR count). The lowest BCUT2D eigenvalue weighted by atomic mass is 10.0. The number of aryl methyl sites for hydroxylation is 1. The molecule has 1 saturated heterocycles. The second kappa shape index (κ2) is 9.65. The Morgan fingerprint density at radius 1 is 1.27 bits per heavy atom. The summed E-state index contributed by atoms with van der Waals surface area (Å²) in [6, 6.07) is 9.67. The van der Waals surface area contributed by atoms with E-state index in [0.717, 1.165) is 51.3 Å². The number of hydrogen-bond acceptors (Lipinski definition) is 4. The normalized spacial score (nSPS) is 18.6. The minimum Gasteiger partial charge on any atom is -0.493 e. The number of para-hydroxylation sites is 1. The predicted octanol–water partition coefficient (Wildman–Crippen LogP) is 3.79. The smallest absolute Gasteiger partial charge is 0.226 e. The molecule has 1 aromatic heterocycles. The van der Waals surface area contributed by atoms with Gasteiger partial charge in [0.05, 0.1) is 37.6 Å². The van der Waals surface area contributed by atoms with E-state index < -0.39 is 0 Å². The van der Waals surface area contributed by atoms with Crippen LogP contribution in [0.4, 0.5) is 0 Å². The molecule has 1 atom stereocenters. The number of imidazole rings is 1. The minimum absolute atomic E-state index is 0.152. The van der Waals surface area contributed by atoms with Crippen LogP contribution in [0.3, 0.4) is 0 Å². The molecule has 162 valence electrons. The highest BCUT2D eigenvalue weighted by Crippen LogP contribution is 2.30. The van der Waals surface area contributed by atoms with Gasteiger partial charge in [-0.2, -0.15) is 0 Å². The van der Waals surface area contributed by atoms with Crippen molar-refractivity contribution in [3.8, 4) is 5.75 Å². The largest absolute Gasteiger partial charge is 0.493 e. The molecule has 0 radical (unpaired) electrons. The summed E-state index contributed by atoms with van der Waals surface area (Å²) in [6.45, 7) is 8.69. The highest BCUT2D eigenvalue weighted by molar-refractivity contribution is 5.76. The lowest BCUT2D eigenvalue weighted by Gasteiger charge is -2.30. The van der Waals surface area contributed by atoms with Crippen molar-refractivity contribution in [2.45, 2.75) is 58.5 Å². The summed E-state index contributed by atoms with van der Waals surface area (Å²) < 4.78 is 13.7. The van der Waals surface area contributed by atoms with Crippen LogP contribution < -0.4 is 4.74 Å². The van der Waals surface area contributed by atoms with Crippen LogP contribution in [0.1, 0.15) is 56.2 Å². The van der Waals surface area contributed by atoms with Crippen LogP contribution in [-0.2, 0) is 29.0 Å². The molecule has 30 heavy (non-hydrogen) atoms. The maximum absolute atomic E-state index is 12.8. The molecule has 0 spiro atoms. The van der Waals surface area contributed by atoms with Gasteiger partial charge in [-0.25, -0.2) is 4.98 Å². The molecule has 6 nitrogen and oxygen atoms in total. The highest BCUT2D eigenvalue weighted by Gasteiger charge is 2.30. The van der Waals surface area contributed by atoms with E-state index in [2.05, 4.69) is 18.4 Å². The van der Waals surface area contributed by atoms with Crippen molar-refractivity contribution < 1.29 is 14.3 Å². The van der Waals surface area contributed by atoms with Crippen LogP contribution >= 0.6 is 0 Å². The third kappa shape index (κ3) is 4.86. The van der Waals surface area contributed by atoms with Crippen LogP contribution in [0.15, 0.2) is 30.3 Å². The average molecular weight is 412 g/mol. The van der Waals surface area contributed by atoms with E-state index in [9.17, 15) is 4.79 Å². The molecule has 1 amide bonds. The Morgan fingerprint density at radius 3 is 2.83 bits per heavy atom. The summed E-state index contributed by atoms with van der Waals surface area (Å²) in [5.74, 6) is 3.15. The van der Waals surface area contributed by atoms with Gasteiger partial charge >= 0.3 is 0 Å². The zero-order valence-corrected chi connectivity index (χ0v) is 18.2. The fourth-order valence-electron chi connectivity index (χ4n) is 4.28. The molecular weight excluding hydrogens is 378 g/mol. The average Bonchev–Trinajstić information content (AvgIpc) is 3.40. The summed E-state index contributed by atoms with van der Waals surface area (Å²) in [5, 5.41) is 0. The number of carbonyl (C=O) groups excluding carboxylic acids is 1. The number of aromatic nitrogens is 2. The first-order valence-electron chi connectivity index (χ1n) is 11.2. The van der Waals surface area contributed by atoms with Gasteiger partial charge in [-0.05, 0) is 37.3 Å². The van der Waals surface area contributed by atoms with E-state index in [0.29, 0.717) is 31.4 Å². The van der Waals surface area contributed by atoms with Crippen molar-refractivity contribution in [1.82, 2.24) is 14.5 Å². The summed E-state index contributed by atoms with van der Waals surface area (Å²) in [7, 11) is 0. The van der Waals surface area contributed by atoms with Gasteiger partial charge in [0.25, 0.3) is 0 Å². The second-order valence-corrected chi connectivity index (χ2v) is 8.73. The van der Waals surface area contributed by atoms with Gasteiger partial charge in [-0.1, -0.05) is 32.0 Å². The lowest BCUT2D eigenvalue weighted by Crippen LogP contribution is -2.39. The molecule has 6 heteroatoms. The Morgan fingerprint density at radius 2 is 2.10 bits per heavy atom. The van der Waals surface area contributed by atoms with Crippen LogP contribution in [0.5, 0.6) is 5.75 Å². The number of nitrogens with zero attached hydrogens (tertiary/aromatic N) is 3. The number of benzene rings is 1. The van der Waals surface area contributed by atoms with Crippen molar-refractivity contribution in [2.24, 2.45) is 5.92 Å². The molecule has 2 aliphatic rings. The van der Waals surface area contributed by atoms with E-state index in [1.807, 2.05) is 35.2 Å². The Kier molecular flexibility index (Phi) is 6.72. The molecule has 1 unspecified atom stereocenters. The third-order valence-electron chi connectivity index (χ3n) is 6.05. The second-order valence-electron chi connectivity index (χ2n) is 8.73. The van der Waals surface area contributed by atoms with Gasteiger partial charge in [0.2, 0.25) is 5.91 Å². The molecule has 0 N–H and O–H groups in total. The Bertz CT molecular complexity index is 841. The fraction of sp³-hybridized carbons (Fsp3) is 0.583. The summed E-state index contributed by atoms with van der Waals surface area (Å²) in [6.07, 6.45) is 3.52. The van der Waals surface area contributed by atoms with Crippen molar-refractivity contribution in [2.75, 3.05) is 26.4 Å². The number of carbonyl (C=O) groups is 1. The third-order valence-corrected chi connectivity index (χ3v) is 6.05. The Balaban J connectivity index is 1.42. The van der Waals surface area contributed by atoms with Gasteiger partial charge in [-0.3, -0.25) is 4.79 Å². The number of amides is 1. The summed E-state index contributed by atoms with van der Waals surface area (Å²) >= 11 is 0. The van der Waals surface area contributed by atoms with Gasteiger partial charge in [0.15, 0.2) is 0 Å². The van der Waals surface area contributed by atoms with Crippen LogP contribution in [0.2, 0.25) is 0 Å². The lowest BCUT2D eigenvalue weighted by molar-refractivity contribution is -0.133. The first kappa shape index (κ1) is 20.9. The van der Waals surface area contributed by atoms with Crippen LogP contribution in [-0.4, -0.2) is 46.7 Å².